The van der Waals surface area contributed by atoms with E-state index in [1.54, 1.807) is 45.0 Å². The lowest BCUT2D eigenvalue weighted by atomic mass is 10.0. The number of hydrogen-bond donors (Lipinski definition) is 1. The number of thiazole rings is 1. The van der Waals surface area contributed by atoms with Crippen molar-refractivity contribution in [2.24, 2.45) is 0 Å². The van der Waals surface area contributed by atoms with E-state index in [0.717, 1.165) is 32.3 Å². The van der Waals surface area contributed by atoms with Crippen LogP contribution in [0.25, 0.3) is 27.9 Å². The Kier molecular flexibility index (Phi) is 5.67. The molecule has 0 aliphatic rings. The molecule has 0 amide bonds. The van der Waals surface area contributed by atoms with Gasteiger partial charge in [-0.05, 0) is 56.2 Å². The first-order chi connectivity index (χ1) is 16.3. The van der Waals surface area contributed by atoms with Crippen LogP contribution in [0.1, 0.15) is 21.1 Å². The molecule has 0 spiro atoms. The van der Waals surface area contributed by atoms with Gasteiger partial charge in [0.1, 0.15) is 6.54 Å². The molecular weight excluding hydrogens is 468 g/mol. The number of halogens is 1. The topological polar surface area (TPSA) is 71.4 Å². The zero-order valence-electron chi connectivity index (χ0n) is 18.9. The van der Waals surface area contributed by atoms with Crippen molar-refractivity contribution in [3.05, 3.63) is 97.6 Å². The van der Waals surface area contributed by atoms with Gasteiger partial charge >= 0.3 is 5.56 Å². The second-order valence-electron chi connectivity index (χ2n) is 8.21. The lowest BCUT2D eigenvalue weighted by Crippen LogP contribution is -2.41. The Morgan fingerprint density at radius 1 is 1.06 bits per heavy atom. The molecule has 0 saturated carbocycles. The van der Waals surface area contributed by atoms with E-state index in [2.05, 4.69) is 9.97 Å². The van der Waals surface area contributed by atoms with Gasteiger partial charge in [0.2, 0.25) is 0 Å². The van der Waals surface area contributed by atoms with Crippen molar-refractivity contribution in [2.75, 3.05) is 0 Å². The van der Waals surface area contributed by atoms with Crippen molar-refractivity contribution in [3.63, 3.8) is 0 Å². The Labute approximate surface area is 205 Å². The minimum Gasteiger partial charge on any atom is -0.477 e. The van der Waals surface area contributed by atoms with Gasteiger partial charge < -0.3 is 5.11 Å². The molecule has 170 valence electrons. The van der Waals surface area contributed by atoms with Crippen LogP contribution in [0.3, 0.4) is 0 Å². The highest BCUT2D eigenvalue weighted by Crippen LogP contribution is 2.32. The molecule has 0 atom stereocenters. The summed E-state index contributed by atoms with van der Waals surface area (Å²) in [7, 11) is 0. The Hall–Kier alpha value is -3.55. The molecule has 0 fully saturated rings. The zero-order valence-corrected chi connectivity index (χ0v) is 20.5. The van der Waals surface area contributed by atoms with Crippen LogP contribution in [0.4, 0.5) is 0 Å². The Morgan fingerprint density at radius 2 is 1.85 bits per heavy atom. The van der Waals surface area contributed by atoms with E-state index in [1.807, 2.05) is 57.2 Å². The third kappa shape index (κ3) is 3.87. The van der Waals surface area contributed by atoms with Crippen LogP contribution in [-0.2, 0) is 6.54 Å². The summed E-state index contributed by atoms with van der Waals surface area (Å²) >= 11 is 8.04. The maximum absolute atomic E-state index is 13.6. The molecule has 0 aliphatic heterocycles. The van der Waals surface area contributed by atoms with Crippen LogP contribution in [0.5, 0.6) is 5.88 Å². The lowest BCUT2D eigenvalue weighted by Gasteiger charge is -2.12. The summed E-state index contributed by atoms with van der Waals surface area (Å²) in [6.45, 7) is 6.15. The van der Waals surface area contributed by atoms with Gasteiger partial charge in [-0.3, -0.25) is 4.98 Å². The average Bonchev–Trinajstić information content (AvgIpc) is 3.22. The second kappa shape index (κ2) is 8.66. The molecule has 8 heteroatoms. The minimum atomic E-state index is -0.293. The van der Waals surface area contributed by atoms with Crippen LogP contribution in [-0.4, -0.2) is 19.5 Å². The number of nitrogens with zero attached hydrogens (tertiary/aromatic N) is 4. The molecule has 0 radical (unpaired) electrons. The number of benzene rings is 1. The fourth-order valence-electron chi connectivity index (χ4n) is 4.18. The SMILES string of the molecule is Cc1cc(Cl)c(-c2cccc(-c3c(O)[n+](Cc4cnc(C)s4)c4c(C)cccn4c3=O)c2)cn1. The van der Waals surface area contributed by atoms with E-state index < -0.39 is 0 Å². The monoisotopic (exact) mass is 489 g/mol. The first kappa shape index (κ1) is 22.3. The van der Waals surface area contributed by atoms with Crippen LogP contribution in [0, 0.1) is 20.8 Å². The fraction of sp³-hybridized carbons (Fsp3) is 0.154. The van der Waals surface area contributed by atoms with Crippen molar-refractivity contribution >= 4 is 28.6 Å². The molecule has 1 aromatic carbocycles. The van der Waals surface area contributed by atoms with Gasteiger partial charge in [-0.1, -0.05) is 29.8 Å². The van der Waals surface area contributed by atoms with E-state index >= 15 is 0 Å². The number of aromatic nitrogens is 4. The molecule has 34 heavy (non-hydrogen) atoms. The molecule has 4 aromatic heterocycles. The van der Waals surface area contributed by atoms with Crippen LogP contribution < -0.4 is 10.1 Å². The second-order valence-corrected chi connectivity index (χ2v) is 9.93. The fourth-order valence-corrected chi connectivity index (χ4v) is 5.28. The molecule has 5 rings (SSSR count). The summed E-state index contributed by atoms with van der Waals surface area (Å²) in [4.78, 5) is 23.3. The lowest BCUT2D eigenvalue weighted by molar-refractivity contribution is -0.671. The number of rotatable bonds is 4. The number of fused-ring (bicyclic) bond motifs is 1. The quantitative estimate of drug-likeness (QED) is 0.356. The normalized spacial score (nSPS) is 11.3. The molecule has 5 aromatic rings. The van der Waals surface area contributed by atoms with Crippen molar-refractivity contribution < 1.29 is 9.67 Å². The van der Waals surface area contributed by atoms with Crippen LogP contribution in [0.2, 0.25) is 5.02 Å². The zero-order chi connectivity index (χ0) is 24.0. The number of pyridine rings is 2. The predicted octanol–water partition coefficient (Wildman–Crippen LogP) is 5.11. The molecule has 1 N–H and O–H groups in total. The van der Waals surface area contributed by atoms with Crippen LogP contribution in [0.15, 0.2) is 65.8 Å². The van der Waals surface area contributed by atoms with E-state index in [-0.39, 0.29) is 17.0 Å². The smallest absolute Gasteiger partial charge is 0.354 e. The first-order valence-electron chi connectivity index (χ1n) is 10.7. The Morgan fingerprint density at radius 3 is 2.59 bits per heavy atom. The largest absolute Gasteiger partial charge is 0.477 e. The van der Waals surface area contributed by atoms with Gasteiger partial charge in [-0.2, -0.15) is 8.97 Å². The highest BCUT2D eigenvalue weighted by Gasteiger charge is 2.27. The molecule has 0 aliphatic carbocycles. The van der Waals surface area contributed by atoms with E-state index in [9.17, 15) is 9.90 Å². The first-order valence-corrected chi connectivity index (χ1v) is 11.9. The maximum atomic E-state index is 13.6. The summed E-state index contributed by atoms with van der Waals surface area (Å²) in [6, 6.07) is 13.0. The standard InChI is InChI=1S/C26H21ClN4O2S/c1-15-6-5-9-30-24(15)31(14-20-12-29-17(3)34-20)26(33)23(25(30)32)19-8-4-7-18(11-19)21-13-28-16(2)10-22(21)27/h4-13H,14H2,1-3H3/p+1. The van der Waals surface area contributed by atoms with Gasteiger partial charge in [0.05, 0.1) is 21.1 Å². The molecule has 0 saturated heterocycles. The average molecular weight is 490 g/mol. The Balaban J connectivity index is 1.76. The third-order valence-corrected chi connectivity index (χ3v) is 6.98. The van der Waals surface area contributed by atoms with E-state index in [4.69, 9.17) is 11.6 Å². The summed E-state index contributed by atoms with van der Waals surface area (Å²) in [5.41, 5.74) is 4.45. The summed E-state index contributed by atoms with van der Waals surface area (Å²) in [5, 5.41) is 13.0. The summed E-state index contributed by atoms with van der Waals surface area (Å²) in [5.74, 6) is -0.0874. The molecular formula is C26H22ClN4O2S+. The van der Waals surface area contributed by atoms with Crippen LogP contribution >= 0.6 is 22.9 Å². The van der Waals surface area contributed by atoms with Gasteiger partial charge in [-0.25, -0.2) is 9.78 Å². The highest BCUT2D eigenvalue weighted by atomic mass is 35.5. The summed E-state index contributed by atoms with van der Waals surface area (Å²) in [6.07, 6.45) is 5.26. The highest BCUT2D eigenvalue weighted by molar-refractivity contribution is 7.11. The molecule has 6 nitrogen and oxygen atoms in total. The molecule has 4 heterocycles. The van der Waals surface area contributed by atoms with Gasteiger partial charge in [-0.15, -0.1) is 11.3 Å². The van der Waals surface area contributed by atoms with Crippen molar-refractivity contribution in [1.29, 1.82) is 0 Å². The third-order valence-electron chi connectivity index (χ3n) is 5.77. The molecule has 0 unspecified atom stereocenters. The Bertz CT molecular complexity index is 1620. The van der Waals surface area contributed by atoms with E-state index in [0.29, 0.717) is 22.8 Å². The molecule has 0 bridgehead atoms. The minimum absolute atomic E-state index is 0.0874. The number of hydrogen-bond acceptors (Lipinski definition) is 5. The number of aryl methyl sites for hydroxylation is 3. The maximum Gasteiger partial charge on any atom is 0.354 e. The summed E-state index contributed by atoms with van der Waals surface area (Å²) < 4.78 is 3.36. The van der Waals surface area contributed by atoms with Crippen molar-refractivity contribution in [2.45, 2.75) is 27.3 Å². The van der Waals surface area contributed by atoms with Gasteiger partial charge in [0.15, 0.2) is 5.56 Å². The van der Waals surface area contributed by atoms with Gasteiger partial charge in [0.25, 0.3) is 11.5 Å². The number of aromatic hydroxyl groups is 1. The van der Waals surface area contributed by atoms with Gasteiger partial charge in [0, 0.05) is 29.2 Å². The van der Waals surface area contributed by atoms with E-state index in [1.165, 1.54) is 0 Å². The van der Waals surface area contributed by atoms with Crippen molar-refractivity contribution in [3.8, 4) is 28.1 Å². The van der Waals surface area contributed by atoms with Crippen molar-refractivity contribution in [1.82, 2.24) is 14.4 Å². The predicted molar refractivity (Wildman–Crippen MR) is 135 cm³/mol.